The molecule has 27 heavy (non-hydrogen) atoms. The van der Waals surface area contributed by atoms with Crippen molar-refractivity contribution >= 4 is 0 Å². The molecule has 2 aromatic heterocycles. The van der Waals surface area contributed by atoms with Gasteiger partial charge in [0.15, 0.2) is 17.3 Å². The normalized spacial score (nSPS) is 14.4. The van der Waals surface area contributed by atoms with Crippen LogP contribution in [0, 0.1) is 6.92 Å². The minimum Gasteiger partial charge on any atom is -0.493 e. The van der Waals surface area contributed by atoms with Crippen LogP contribution in [0.15, 0.2) is 41.1 Å². The lowest BCUT2D eigenvalue weighted by molar-refractivity contribution is 0.329. The highest BCUT2D eigenvalue weighted by Gasteiger charge is 2.15. The number of ether oxygens (including phenoxy) is 2. The fraction of sp³-hybridized carbons (Fsp3) is 0.350. The van der Waals surface area contributed by atoms with Crippen LogP contribution in [0.3, 0.4) is 0 Å². The maximum atomic E-state index is 6.03. The first kappa shape index (κ1) is 17.5. The number of likely N-dealkylation sites (tertiary alicyclic amines) is 1. The highest BCUT2D eigenvalue weighted by Crippen LogP contribution is 2.33. The quantitative estimate of drug-likeness (QED) is 0.656. The standard InChI is InChI=1S/C20H22N4O3/c1-14-22-20(27-23-14)16-7-8-21-19(12-16)26-18-11-15(5-6-17(18)25-2)13-24-9-3-4-10-24/h5-8,11-12H,3-4,9-10,13H2,1-2H3. The van der Waals surface area contributed by atoms with Crippen molar-refractivity contribution in [2.45, 2.75) is 26.3 Å². The Morgan fingerprint density at radius 3 is 2.70 bits per heavy atom. The summed E-state index contributed by atoms with van der Waals surface area (Å²) in [6, 6.07) is 9.61. The lowest BCUT2D eigenvalue weighted by atomic mass is 10.2. The summed E-state index contributed by atoms with van der Waals surface area (Å²) in [5.41, 5.74) is 1.95. The van der Waals surface area contributed by atoms with Crippen LogP contribution in [0.1, 0.15) is 24.2 Å². The Morgan fingerprint density at radius 1 is 1.11 bits per heavy atom. The predicted molar refractivity (Wildman–Crippen MR) is 99.8 cm³/mol. The van der Waals surface area contributed by atoms with Gasteiger partial charge >= 0.3 is 0 Å². The molecule has 4 rings (SSSR count). The first-order chi connectivity index (χ1) is 13.2. The number of aryl methyl sites for hydroxylation is 1. The number of rotatable bonds is 6. The Hall–Kier alpha value is -2.93. The number of hydrogen-bond donors (Lipinski definition) is 0. The third kappa shape index (κ3) is 4.09. The van der Waals surface area contributed by atoms with E-state index in [0.29, 0.717) is 29.1 Å². The molecular weight excluding hydrogens is 344 g/mol. The van der Waals surface area contributed by atoms with Crippen molar-refractivity contribution in [1.82, 2.24) is 20.0 Å². The largest absolute Gasteiger partial charge is 0.493 e. The first-order valence-electron chi connectivity index (χ1n) is 9.05. The maximum Gasteiger partial charge on any atom is 0.258 e. The molecule has 0 N–H and O–H groups in total. The van der Waals surface area contributed by atoms with E-state index >= 15 is 0 Å². The number of hydrogen-bond acceptors (Lipinski definition) is 7. The molecular formula is C20H22N4O3. The summed E-state index contributed by atoms with van der Waals surface area (Å²) in [5.74, 6) is 2.77. The van der Waals surface area contributed by atoms with Crippen molar-refractivity contribution in [1.29, 1.82) is 0 Å². The monoisotopic (exact) mass is 366 g/mol. The van der Waals surface area contributed by atoms with Gasteiger partial charge in [0.2, 0.25) is 5.88 Å². The van der Waals surface area contributed by atoms with E-state index in [-0.39, 0.29) is 0 Å². The van der Waals surface area contributed by atoms with E-state index < -0.39 is 0 Å². The van der Waals surface area contributed by atoms with E-state index in [1.54, 1.807) is 32.4 Å². The molecule has 1 aromatic carbocycles. The van der Waals surface area contributed by atoms with E-state index in [2.05, 4.69) is 26.1 Å². The lowest BCUT2D eigenvalue weighted by Gasteiger charge is -2.16. The Kier molecular flexibility index (Phi) is 5.02. The fourth-order valence-electron chi connectivity index (χ4n) is 3.22. The molecule has 7 heteroatoms. The van der Waals surface area contributed by atoms with Gasteiger partial charge in [-0.05, 0) is 56.6 Å². The van der Waals surface area contributed by atoms with Crippen LogP contribution < -0.4 is 9.47 Å². The number of pyridine rings is 1. The van der Waals surface area contributed by atoms with Gasteiger partial charge in [-0.25, -0.2) is 4.98 Å². The average molecular weight is 366 g/mol. The summed E-state index contributed by atoms with van der Waals surface area (Å²) >= 11 is 0. The first-order valence-corrected chi connectivity index (χ1v) is 9.05. The van der Waals surface area contributed by atoms with Gasteiger partial charge in [-0.1, -0.05) is 11.2 Å². The van der Waals surface area contributed by atoms with E-state index in [1.807, 2.05) is 12.1 Å². The number of benzene rings is 1. The summed E-state index contributed by atoms with van der Waals surface area (Å²) in [4.78, 5) is 11.0. The summed E-state index contributed by atoms with van der Waals surface area (Å²) in [7, 11) is 1.63. The van der Waals surface area contributed by atoms with Crippen LogP contribution in [0.25, 0.3) is 11.5 Å². The highest BCUT2D eigenvalue weighted by atomic mass is 16.5. The van der Waals surface area contributed by atoms with Gasteiger partial charge in [-0.2, -0.15) is 4.98 Å². The maximum absolute atomic E-state index is 6.03. The molecule has 3 aromatic rings. The van der Waals surface area contributed by atoms with Crippen LogP contribution >= 0.6 is 0 Å². The van der Waals surface area contributed by atoms with Gasteiger partial charge in [0.1, 0.15) is 0 Å². The molecule has 0 saturated carbocycles. The summed E-state index contributed by atoms with van der Waals surface area (Å²) in [5, 5.41) is 3.82. The Labute approximate surface area is 157 Å². The number of methoxy groups -OCH3 is 1. The van der Waals surface area contributed by atoms with Gasteiger partial charge in [0.25, 0.3) is 5.89 Å². The number of nitrogens with zero attached hydrogens (tertiary/aromatic N) is 4. The predicted octanol–water partition coefficient (Wildman–Crippen LogP) is 3.84. The minimum absolute atomic E-state index is 0.439. The molecule has 7 nitrogen and oxygen atoms in total. The van der Waals surface area contributed by atoms with Gasteiger partial charge < -0.3 is 14.0 Å². The molecule has 0 amide bonds. The second-order valence-electron chi connectivity index (χ2n) is 6.60. The molecule has 1 saturated heterocycles. The Morgan fingerprint density at radius 2 is 1.96 bits per heavy atom. The second-order valence-corrected chi connectivity index (χ2v) is 6.60. The number of aromatic nitrogens is 3. The van der Waals surface area contributed by atoms with Crippen molar-refractivity contribution in [2.24, 2.45) is 0 Å². The second kappa shape index (κ2) is 7.75. The SMILES string of the molecule is COc1ccc(CN2CCCC2)cc1Oc1cc(-c2nc(C)no2)ccn1. The highest BCUT2D eigenvalue weighted by molar-refractivity contribution is 5.54. The molecule has 0 atom stereocenters. The molecule has 3 heterocycles. The van der Waals surface area contributed by atoms with Crippen LogP contribution in [0.5, 0.6) is 17.4 Å². The van der Waals surface area contributed by atoms with Crippen molar-refractivity contribution in [2.75, 3.05) is 20.2 Å². The smallest absolute Gasteiger partial charge is 0.258 e. The molecule has 1 fully saturated rings. The molecule has 0 spiro atoms. The summed E-state index contributed by atoms with van der Waals surface area (Å²) in [6.45, 7) is 4.99. The third-order valence-electron chi connectivity index (χ3n) is 4.56. The molecule has 0 radical (unpaired) electrons. The van der Waals surface area contributed by atoms with E-state index in [0.717, 1.165) is 25.2 Å². The van der Waals surface area contributed by atoms with Gasteiger partial charge in [0, 0.05) is 24.4 Å². The zero-order valence-corrected chi connectivity index (χ0v) is 15.5. The van der Waals surface area contributed by atoms with Crippen LogP contribution in [-0.2, 0) is 6.54 Å². The molecule has 1 aliphatic rings. The van der Waals surface area contributed by atoms with Crippen molar-refractivity contribution < 1.29 is 14.0 Å². The molecule has 1 aliphatic heterocycles. The topological polar surface area (TPSA) is 73.5 Å². The van der Waals surface area contributed by atoms with Gasteiger partial charge in [-0.3, -0.25) is 4.90 Å². The van der Waals surface area contributed by atoms with Crippen LogP contribution in [0.4, 0.5) is 0 Å². The molecule has 0 bridgehead atoms. The Balaban J connectivity index is 1.57. The average Bonchev–Trinajstić information content (AvgIpc) is 3.34. The van der Waals surface area contributed by atoms with Crippen LogP contribution in [0.2, 0.25) is 0 Å². The van der Waals surface area contributed by atoms with E-state index in [1.165, 1.54) is 18.4 Å². The van der Waals surface area contributed by atoms with Crippen molar-refractivity contribution in [3.63, 3.8) is 0 Å². The fourth-order valence-corrected chi connectivity index (χ4v) is 3.22. The molecule has 0 aliphatic carbocycles. The Bertz CT molecular complexity index is 919. The van der Waals surface area contributed by atoms with Crippen LogP contribution in [-0.4, -0.2) is 40.2 Å². The zero-order valence-electron chi connectivity index (χ0n) is 15.5. The van der Waals surface area contributed by atoms with E-state index in [4.69, 9.17) is 14.0 Å². The van der Waals surface area contributed by atoms with Crippen molar-refractivity contribution in [3.8, 4) is 28.8 Å². The molecule has 0 unspecified atom stereocenters. The van der Waals surface area contributed by atoms with Gasteiger partial charge in [0.05, 0.1) is 7.11 Å². The zero-order chi connectivity index (χ0) is 18.6. The summed E-state index contributed by atoms with van der Waals surface area (Å²) in [6.07, 6.45) is 4.20. The lowest BCUT2D eigenvalue weighted by Crippen LogP contribution is -2.18. The van der Waals surface area contributed by atoms with E-state index in [9.17, 15) is 0 Å². The van der Waals surface area contributed by atoms with Crippen molar-refractivity contribution in [3.05, 3.63) is 47.9 Å². The summed E-state index contributed by atoms with van der Waals surface area (Å²) < 4.78 is 16.7. The molecule has 140 valence electrons. The third-order valence-corrected chi connectivity index (χ3v) is 4.56. The minimum atomic E-state index is 0.439. The van der Waals surface area contributed by atoms with Gasteiger partial charge in [-0.15, -0.1) is 0 Å².